The van der Waals surface area contributed by atoms with Crippen molar-refractivity contribution in [2.45, 2.75) is 37.6 Å². The smallest absolute Gasteiger partial charge is 0.233 e. The minimum atomic E-state index is -0.0321. The largest absolute Gasteiger partial charge is 0.353 e. The Hall–Kier alpha value is -0.650. The number of rotatable bonds is 4. The van der Waals surface area contributed by atoms with Gasteiger partial charge in [0.1, 0.15) is 0 Å². The van der Waals surface area contributed by atoms with Gasteiger partial charge in [0, 0.05) is 12.1 Å². The van der Waals surface area contributed by atoms with E-state index in [1.807, 2.05) is 0 Å². The highest BCUT2D eigenvalue weighted by Gasteiger charge is 2.39. The van der Waals surface area contributed by atoms with Crippen molar-refractivity contribution in [1.82, 2.24) is 15.1 Å². The molecule has 2 rings (SSSR count). The molecule has 0 unspecified atom stereocenters. The first kappa shape index (κ1) is 14.8. The number of hydrogen-bond acceptors (Lipinski definition) is 4. The molecule has 2 saturated heterocycles. The summed E-state index contributed by atoms with van der Waals surface area (Å²) in [6.07, 6.45) is 6.23. The van der Waals surface area contributed by atoms with E-state index in [1.54, 1.807) is 0 Å². The average Bonchev–Trinajstić information content (AvgIpc) is 2.47. The Bertz CT molecular complexity index is 294. The molecule has 2 aliphatic heterocycles. The summed E-state index contributed by atoms with van der Waals surface area (Å²) < 4.78 is 0. The van der Waals surface area contributed by atoms with Crippen molar-refractivity contribution in [3.8, 4) is 0 Å². The molecule has 2 fully saturated rings. The maximum atomic E-state index is 11.5. The van der Waals surface area contributed by atoms with E-state index >= 15 is 0 Å². The van der Waals surface area contributed by atoms with Gasteiger partial charge in [-0.2, -0.15) is 0 Å². The Kier molecular flexibility index (Phi) is 5.19. The number of nitrogens with zero attached hydrogens (tertiary/aromatic N) is 2. The zero-order chi connectivity index (χ0) is 13.7. The van der Waals surface area contributed by atoms with Crippen molar-refractivity contribution in [2.24, 2.45) is 5.73 Å². The van der Waals surface area contributed by atoms with Gasteiger partial charge >= 0.3 is 0 Å². The minimum Gasteiger partial charge on any atom is -0.353 e. The summed E-state index contributed by atoms with van der Waals surface area (Å²) in [6, 6.07) is 0. The van der Waals surface area contributed by atoms with Gasteiger partial charge in [0.05, 0.1) is 6.54 Å². The van der Waals surface area contributed by atoms with Crippen molar-refractivity contribution in [3.63, 3.8) is 0 Å². The van der Waals surface area contributed by atoms with Crippen LogP contribution in [0.3, 0.4) is 0 Å². The van der Waals surface area contributed by atoms with Crippen LogP contribution >= 0.6 is 0 Å². The highest BCUT2D eigenvalue weighted by Crippen LogP contribution is 2.30. The van der Waals surface area contributed by atoms with Gasteiger partial charge in [-0.25, -0.2) is 0 Å². The van der Waals surface area contributed by atoms with Crippen LogP contribution in [0.2, 0.25) is 0 Å². The summed E-state index contributed by atoms with van der Waals surface area (Å²) >= 11 is 0. The molecule has 0 bridgehead atoms. The van der Waals surface area contributed by atoms with Crippen LogP contribution in [0.15, 0.2) is 0 Å². The molecule has 0 aromatic carbocycles. The summed E-state index contributed by atoms with van der Waals surface area (Å²) in [6.45, 7) is 5.46. The molecule has 3 N–H and O–H groups in total. The van der Waals surface area contributed by atoms with Crippen LogP contribution in [-0.4, -0.2) is 67.6 Å². The maximum absolute atomic E-state index is 11.5. The van der Waals surface area contributed by atoms with Gasteiger partial charge in [0.25, 0.3) is 0 Å². The van der Waals surface area contributed by atoms with E-state index in [0.29, 0.717) is 0 Å². The molecule has 0 aromatic rings. The predicted molar refractivity (Wildman–Crippen MR) is 77.0 cm³/mol. The Balaban J connectivity index is 2.01. The van der Waals surface area contributed by atoms with Gasteiger partial charge < -0.3 is 16.0 Å². The van der Waals surface area contributed by atoms with E-state index in [9.17, 15) is 4.79 Å². The Morgan fingerprint density at radius 1 is 1.16 bits per heavy atom. The normalized spacial score (nSPS) is 25.2. The van der Waals surface area contributed by atoms with Crippen molar-refractivity contribution >= 4 is 5.91 Å². The number of piperidine rings is 2. The van der Waals surface area contributed by atoms with Crippen molar-refractivity contribution < 1.29 is 4.79 Å². The lowest BCUT2D eigenvalue weighted by molar-refractivity contribution is -0.120. The number of carbonyl (C=O) groups is 1. The Morgan fingerprint density at radius 3 is 2.37 bits per heavy atom. The first-order chi connectivity index (χ1) is 9.16. The van der Waals surface area contributed by atoms with Gasteiger partial charge in [0.2, 0.25) is 5.91 Å². The molecule has 1 amide bonds. The van der Waals surface area contributed by atoms with E-state index in [1.165, 1.54) is 32.4 Å². The lowest BCUT2D eigenvalue weighted by Gasteiger charge is -2.50. The molecular formula is C14H28N4O. The lowest BCUT2D eigenvalue weighted by atomic mass is 9.84. The topological polar surface area (TPSA) is 61.6 Å². The lowest BCUT2D eigenvalue weighted by Crippen LogP contribution is -2.61. The number of hydrogen-bond donors (Lipinski definition) is 2. The molecule has 0 aliphatic carbocycles. The maximum Gasteiger partial charge on any atom is 0.233 e. The summed E-state index contributed by atoms with van der Waals surface area (Å²) in [5.41, 5.74) is 5.56. The monoisotopic (exact) mass is 268 g/mol. The molecule has 0 saturated carbocycles. The first-order valence-corrected chi connectivity index (χ1v) is 7.57. The molecule has 5 nitrogen and oxygen atoms in total. The third-order valence-corrected chi connectivity index (χ3v) is 4.74. The molecule has 5 heteroatoms. The van der Waals surface area contributed by atoms with Gasteiger partial charge in [-0.3, -0.25) is 9.69 Å². The molecule has 110 valence electrons. The van der Waals surface area contributed by atoms with E-state index in [-0.39, 0.29) is 18.0 Å². The molecule has 2 heterocycles. The number of nitrogens with one attached hydrogen (secondary N) is 1. The van der Waals surface area contributed by atoms with Crippen molar-refractivity contribution in [1.29, 1.82) is 0 Å². The van der Waals surface area contributed by atoms with Crippen molar-refractivity contribution in [2.75, 3.05) is 46.3 Å². The summed E-state index contributed by atoms with van der Waals surface area (Å²) in [5, 5.41) is 3.03. The van der Waals surface area contributed by atoms with E-state index in [0.717, 1.165) is 32.5 Å². The minimum absolute atomic E-state index is 0.0321. The predicted octanol–water partition coefficient (Wildman–Crippen LogP) is 0.0116. The second-order valence-electron chi connectivity index (χ2n) is 6.06. The Labute approximate surface area is 116 Å². The van der Waals surface area contributed by atoms with Crippen LogP contribution < -0.4 is 11.1 Å². The fourth-order valence-electron chi connectivity index (χ4n) is 3.34. The number of nitrogens with two attached hydrogens (primary N) is 1. The van der Waals surface area contributed by atoms with E-state index in [4.69, 9.17) is 5.73 Å². The fourth-order valence-corrected chi connectivity index (χ4v) is 3.34. The average molecular weight is 268 g/mol. The van der Waals surface area contributed by atoms with E-state index < -0.39 is 0 Å². The quantitative estimate of drug-likeness (QED) is 0.754. The molecule has 19 heavy (non-hydrogen) atoms. The third kappa shape index (κ3) is 3.68. The highest BCUT2D eigenvalue weighted by molar-refractivity contribution is 5.77. The van der Waals surface area contributed by atoms with Gasteiger partial charge in [-0.15, -0.1) is 0 Å². The molecule has 2 aliphatic rings. The standard InChI is InChI=1S/C14H28N4O/c1-17-9-5-14(6-10-17,12-16-13(19)11-15)18-7-3-2-4-8-18/h2-12,15H2,1H3,(H,16,19). The second-order valence-corrected chi connectivity index (χ2v) is 6.06. The van der Waals surface area contributed by atoms with Crippen LogP contribution in [0, 0.1) is 0 Å². The Morgan fingerprint density at radius 2 is 1.79 bits per heavy atom. The molecular weight excluding hydrogens is 240 g/mol. The summed E-state index contributed by atoms with van der Waals surface area (Å²) in [7, 11) is 2.18. The molecule has 0 radical (unpaired) electrons. The molecule has 0 atom stereocenters. The zero-order valence-corrected chi connectivity index (χ0v) is 12.2. The van der Waals surface area contributed by atoms with Crippen LogP contribution in [0.1, 0.15) is 32.1 Å². The van der Waals surface area contributed by atoms with Crippen LogP contribution in [0.5, 0.6) is 0 Å². The third-order valence-electron chi connectivity index (χ3n) is 4.74. The van der Waals surface area contributed by atoms with Crippen LogP contribution in [0.25, 0.3) is 0 Å². The van der Waals surface area contributed by atoms with Gasteiger partial charge in [0.15, 0.2) is 0 Å². The highest BCUT2D eigenvalue weighted by atomic mass is 16.1. The molecule has 0 aromatic heterocycles. The SMILES string of the molecule is CN1CCC(CNC(=O)CN)(N2CCCCC2)CC1. The van der Waals surface area contributed by atoms with Crippen molar-refractivity contribution in [3.05, 3.63) is 0 Å². The first-order valence-electron chi connectivity index (χ1n) is 7.57. The van der Waals surface area contributed by atoms with Gasteiger partial charge in [-0.05, 0) is 58.9 Å². The summed E-state index contributed by atoms with van der Waals surface area (Å²) in [5.74, 6) is -0.0321. The van der Waals surface area contributed by atoms with Crippen LogP contribution in [-0.2, 0) is 4.79 Å². The number of amides is 1. The fraction of sp³-hybridized carbons (Fsp3) is 0.929. The second kappa shape index (κ2) is 6.68. The summed E-state index contributed by atoms with van der Waals surface area (Å²) in [4.78, 5) is 16.5. The van der Waals surface area contributed by atoms with Gasteiger partial charge in [-0.1, -0.05) is 6.42 Å². The molecule has 0 spiro atoms. The van der Waals surface area contributed by atoms with Crippen LogP contribution in [0.4, 0.5) is 0 Å². The number of carbonyl (C=O) groups excluding carboxylic acids is 1. The number of likely N-dealkylation sites (tertiary alicyclic amines) is 2. The zero-order valence-electron chi connectivity index (χ0n) is 12.2. The van der Waals surface area contributed by atoms with E-state index in [2.05, 4.69) is 22.2 Å².